The van der Waals surface area contributed by atoms with E-state index in [0.717, 1.165) is 26.9 Å². The number of nitrogens with zero attached hydrogens (tertiary/aromatic N) is 1. The van der Waals surface area contributed by atoms with E-state index in [0.29, 0.717) is 0 Å². The van der Waals surface area contributed by atoms with E-state index >= 15 is 0 Å². The average Bonchev–Trinajstić information content (AvgIpc) is 2.69. The lowest BCUT2D eigenvalue weighted by molar-refractivity contribution is 0.491. The summed E-state index contributed by atoms with van der Waals surface area (Å²) in [4.78, 5) is 4.88. The second-order valence-electron chi connectivity index (χ2n) is 5.94. The number of hydrogen-bond acceptors (Lipinski definition) is 2. The normalized spacial score (nSPS) is 19.2. The highest BCUT2D eigenvalue weighted by molar-refractivity contribution is 9.10. The van der Waals surface area contributed by atoms with Crippen molar-refractivity contribution in [2.75, 3.05) is 0 Å². The molecule has 0 amide bonds. The molecule has 2 nitrogen and oxygen atoms in total. The third-order valence-corrected chi connectivity index (χ3v) is 4.84. The van der Waals surface area contributed by atoms with Crippen molar-refractivity contribution < 1.29 is 0 Å². The van der Waals surface area contributed by atoms with E-state index in [-0.39, 0.29) is 0 Å². The Balaban J connectivity index is 1.86. The first-order valence-corrected chi connectivity index (χ1v) is 8.98. The molecule has 122 valence electrons. The van der Waals surface area contributed by atoms with Crippen LogP contribution in [-0.4, -0.2) is 6.21 Å². The molecular weight excluding hydrogens is 372 g/mol. The van der Waals surface area contributed by atoms with Crippen molar-refractivity contribution in [2.45, 2.75) is 5.66 Å². The molecular formula is C22H17BrN2. The van der Waals surface area contributed by atoms with Gasteiger partial charge in [0.1, 0.15) is 0 Å². The van der Waals surface area contributed by atoms with E-state index < -0.39 is 5.66 Å². The van der Waals surface area contributed by atoms with Gasteiger partial charge < -0.3 is 5.32 Å². The van der Waals surface area contributed by atoms with Gasteiger partial charge >= 0.3 is 0 Å². The predicted octanol–water partition coefficient (Wildman–Crippen LogP) is 5.37. The van der Waals surface area contributed by atoms with Gasteiger partial charge in [-0.25, -0.2) is 0 Å². The van der Waals surface area contributed by atoms with Crippen molar-refractivity contribution in [3.8, 4) is 0 Å². The molecule has 1 atom stereocenters. The zero-order valence-electron chi connectivity index (χ0n) is 13.6. The van der Waals surface area contributed by atoms with Gasteiger partial charge in [0.15, 0.2) is 5.66 Å². The maximum absolute atomic E-state index is 4.88. The lowest BCUT2D eigenvalue weighted by Crippen LogP contribution is -2.42. The summed E-state index contributed by atoms with van der Waals surface area (Å²) >= 11 is 3.59. The summed E-state index contributed by atoms with van der Waals surface area (Å²) < 4.78 is 1.04. The third-order valence-electron chi connectivity index (χ3n) is 4.34. The molecule has 1 N–H and O–H groups in total. The van der Waals surface area contributed by atoms with E-state index in [1.165, 1.54) is 0 Å². The van der Waals surface area contributed by atoms with E-state index in [4.69, 9.17) is 4.99 Å². The summed E-state index contributed by atoms with van der Waals surface area (Å²) in [6, 6.07) is 29.0. The summed E-state index contributed by atoms with van der Waals surface area (Å²) in [6.45, 7) is 0. The topological polar surface area (TPSA) is 24.4 Å². The average molecular weight is 389 g/mol. The van der Waals surface area contributed by atoms with Gasteiger partial charge in [0.2, 0.25) is 0 Å². The zero-order valence-corrected chi connectivity index (χ0v) is 15.1. The van der Waals surface area contributed by atoms with Crippen LogP contribution in [0.4, 0.5) is 0 Å². The molecule has 3 aromatic carbocycles. The Morgan fingerprint density at radius 2 is 1.44 bits per heavy atom. The molecule has 0 saturated carbocycles. The Morgan fingerprint density at radius 3 is 2.16 bits per heavy atom. The van der Waals surface area contributed by atoms with Gasteiger partial charge in [-0.2, -0.15) is 0 Å². The molecule has 1 heterocycles. The lowest BCUT2D eigenvalue weighted by atomic mass is 9.89. The first-order chi connectivity index (χ1) is 12.3. The Morgan fingerprint density at radius 1 is 0.760 bits per heavy atom. The molecule has 1 aliphatic heterocycles. The van der Waals surface area contributed by atoms with Crippen molar-refractivity contribution >= 4 is 27.8 Å². The summed E-state index contributed by atoms with van der Waals surface area (Å²) in [6.07, 6.45) is 3.92. The van der Waals surface area contributed by atoms with Crippen LogP contribution in [-0.2, 0) is 5.66 Å². The van der Waals surface area contributed by atoms with Gasteiger partial charge in [0.25, 0.3) is 0 Å². The van der Waals surface area contributed by atoms with Crippen LogP contribution in [0.15, 0.2) is 100 Å². The maximum atomic E-state index is 4.88. The molecule has 4 rings (SSSR count). The quantitative estimate of drug-likeness (QED) is 0.640. The molecule has 1 unspecified atom stereocenters. The van der Waals surface area contributed by atoms with Gasteiger partial charge in [0, 0.05) is 27.5 Å². The molecule has 0 bridgehead atoms. The van der Waals surface area contributed by atoms with Gasteiger partial charge in [-0.05, 0) is 23.8 Å². The molecule has 0 fully saturated rings. The van der Waals surface area contributed by atoms with Crippen LogP contribution in [0.5, 0.6) is 0 Å². The summed E-state index contributed by atoms with van der Waals surface area (Å²) in [5.41, 5.74) is 3.74. The molecule has 0 spiro atoms. The molecule has 25 heavy (non-hydrogen) atoms. The van der Waals surface area contributed by atoms with E-state index in [1.54, 1.807) is 0 Å². The smallest absolute Gasteiger partial charge is 0.181 e. The minimum atomic E-state index is -0.648. The molecule has 3 aromatic rings. The zero-order chi connectivity index (χ0) is 17.1. The van der Waals surface area contributed by atoms with Crippen molar-refractivity contribution in [3.63, 3.8) is 0 Å². The highest BCUT2D eigenvalue weighted by Crippen LogP contribution is 2.36. The van der Waals surface area contributed by atoms with Crippen LogP contribution in [0.3, 0.4) is 0 Å². The number of nitrogens with one attached hydrogen (secondary N) is 1. The molecule has 0 aromatic heterocycles. The van der Waals surface area contributed by atoms with E-state index in [2.05, 4.69) is 57.6 Å². The molecule has 0 radical (unpaired) electrons. The first-order valence-electron chi connectivity index (χ1n) is 8.19. The van der Waals surface area contributed by atoms with Crippen LogP contribution in [0.2, 0.25) is 0 Å². The van der Waals surface area contributed by atoms with E-state index in [1.807, 2.05) is 60.8 Å². The number of hydrogen-bond donors (Lipinski definition) is 1. The highest BCUT2D eigenvalue weighted by Gasteiger charge is 2.35. The molecule has 3 heteroatoms. The highest BCUT2D eigenvalue weighted by atomic mass is 79.9. The van der Waals surface area contributed by atoms with Crippen LogP contribution < -0.4 is 5.32 Å². The summed E-state index contributed by atoms with van der Waals surface area (Å²) in [5, 5.41) is 3.69. The van der Waals surface area contributed by atoms with Gasteiger partial charge in [-0.15, -0.1) is 0 Å². The number of rotatable bonds is 3. The van der Waals surface area contributed by atoms with E-state index in [9.17, 15) is 0 Å². The standard InChI is InChI=1S/C22H17BrN2/c23-20-13-7-12-19(16-20)22(18-10-5-2-6-11-18)24-15-14-21(25-22)17-8-3-1-4-9-17/h1-16,25H. The van der Waals surface area contributed by atoms with Crippen molar-refractivity contribution in [3.05, 3.63) is 112 Å². The Kier molecular flexibility index (Phi) is 4.24. The van der Waals surface area contributed by atoms with Crippen molar-refractivity contribution in [1.82, 2.24) is 5.32 Å². The Hall–Kier alpha value is -2.65. The second kappa shape index (κ2) is 6.69. The minimum Gasteiger partial charge on any atom is -0.353 e. The van der Waals surface area contributed by atoms with Gasteiger partial charge in [-0.1, -0.05) is 88.7 Å². The fourth-order valence-electron chi connectivity index (χ4n) is 3.13. The minimum absolute atomic E-state index is 0.648. The fraction of sp³-hybridized carbons (Fsp3) is 0.0455. The largest absolute Gasteiger partial charge is 0.353 e. The maximum Gasteiger partial charge on any atom is 0.181 e. The SMILES string of the molecule is Brc1cccc(C2(c3ccccc3)N=CC=C(c3ccccc3)N2)c1. The number of halogens is 1. The Bertz CT molecular complexity index is 933. The van der Waals surface area contributed by atoms with Crippen LogP contribution in [0, 0.1) is 0 Å². The first kappa shape index (κ1) is 15.9. The van der Waals surface area contributed by atoms with Crippen molar-refractivity contribution in [2.24, 2.45) is 4.99 Å². The number of allylic oxidation sites excluding steroid dienone is 1. The molecule has 0 aliphatic carbocycles. The van der Waals surface area contributed by atoms with Crippen molar-refractivity contribution in [1.29, 1.82) is 0 Å². The lowest BCUT2D eigenvalue weighted by Gasteiger charge is -2.36. The van der Waals surface area contributed by atoms with Gasteiger partial charge in [0.05, 0.1) is 0 Å². The second-order valence-corrected chi connectivity index (χ2v) is 6.85. The fourth-order valence-corrected chi connectivity index (χ4v) is 3.53. The van der Waals surface area contributed by atoms with Gasteiger partial charge in [-0.3, -0.25) is 4.99 Å². The molecule has 1 aliphatic rings. The summed E-state index contributed by atoms with van der Waals surface area (Å²) in [7, 11) is 0. The predicted molar refractivity (Wildman–Crippen MR) is 107 cm³/mol. The molecule has 0 saturated heterocycles. The van der Waals surface area contributed by atoms with Crippen LogP contribution >= 0.6 is 15.9 Å². The summed E-state index contributed by atoms with van der Waals surface area (Å²) in [5.74, 6) is 0. The third kappa shape index (κ3) is 3.03. The van der Waals surface area contributed by atoms with Crippen LogP contribution in [0.25, 0.3) is 5.70 Å². The Labute approximate surface area is 156 Å². The number of aliphatic imine (C=N–C) groups is 1. The number of benzene rings is 3. The van der Waals surface area contributed by atoms with Crippen LogP contribution in [0.1, 0.15) is 16.7 Å². The monoisotopic (exact) mass is 388 g/mol.